The van der Waals surface area contributed by atoms with Crippen LogP contribution in [0.5, 0.6) is 0 Å². The lowest BCUT2D eigenvalue weighted by molar-refractivity contribution is 0.0953. The van der Waals surface area contributed by atoms with Gasteiger partial charge in [-0.05, 0) is 11.6 Å². The molecule has 0 aromatic heterocycles. The Labute approximate surface area is 75.5 Å². The van der Waals surface area contributed by atoms with Crippen LogP contribution in [-0.2, 0) is 0 Å². The fourth-order valence-corrected chi connectivity index (χ4v) is 1.09. The molecule has 62 valence electrons. The molecular formula is C8H8N2OS. The van der Waals surface area contributed by atoms with Gasteiger partial charge in [0.25, 0.3) is 5.91 Å². The van der Waals surface area contributed by atoms with E-state index in [4.69, 9.17) is 18.1 Å². The number of thiocarbonyl (C=S) groups is 1. The predicted octanol–water partition coefficient (Wildman–Crippen LogP) is 0.638. The minimum atomic E-state index is -0.327. The molecule has 0 aliphatic carbocycles. The normalized spacial score (nSPS) is 9.08. The van der Waals surface area contributed by atoms with Crippen molar-refractivity contribution in [3.8, 4) is 0 Å². The Bertz CT molecular complexity index is 312. The molecule has 0 atom stereocenters. The predicted molar refractivity (Wildman–Crippen MR) is 50.9 cm³/mol. The molecule has 12 heavy (non-hydrogen) atoms. The third kappa shape index (κ3) is 1.66. The van der Waals surface area contributed by atoms with E-state index < -0.39 is 0 Å². The summed E-state index contributed by atoms with van der Waals surface area (Å²) in [6.07, 6.45) is 0. The summed E-state index contributed by atoms with van der Waals surface area (Å²) in [5.74, 6) is 4.65. The highest BCUT2D eigenvalue weighted by Gasteiger charge is 2.05. The van der Waals surface area contributed by atoms with Gasteiger partial charge < -0.3 is 0 Å². The lowest BCUT2D eigenvalue weighted by Gasteiger charge is -2.01. The van der Waals surface area contributed by atoms with Gasteiger partial charge in [-0.15, -0.1) is 0 Å². The molecule has 0 bridgehead atoms. The van der Waals surface area contributed by atoms with Gasteiger partial charge in [-0.3, -0.25) is 10.2 Å². The van der Waals surface area contributed by atoms with E-state index in [1.807, 2.05) is 6.07 Å². The number of nitrogens with one attached hydrogen (secondary N) is 1. The molecule has 3 N–H and O–H groups in total. The number of benzene rings is 1. The van der Waals surface area contributed by atoms with Gasteiger partial charge in [-0.2, -0.15) is 0 Å². The van der Waals surface area contributed by atoms with E-state index >= 15 is 0 Å². The van der Waals surface area contributed by atoms with Crippen LogP contribution in [0.1, 0.15) is 15.9 Å². The van der Waals surface area contributed by atoms with Crippen molar-refractivity contribution in [2.75, 3.05) is 0 Å². The fraction of sp³-hybridized carbons (Fsp3) is 0. The van der Waals surface area contributed by atoms with Crippen molar-refractivity contribution in [1.29, 1.82) is 0 Å². The maximum Gasteiger partial charge on any atom is 0.265 e. The Kier molecular flexibility index (Phi) is 2.90. The van der Waals surface area contributed by atoms with Crippen molar-refractivity contribution in [2.24, 2.45) is 5.84 Å². The smallest absolute Gasteiger partial charge is 0.265 e. The number of amides is 1. The number of hydrogen-bond donors (Lipinski definition) is 2. The zero-order chi connectivity index (χ0) is 8.97. The van der Waals surface area contributed by atoms with Crippen LogP contribution in [-0.4, -0.2) is 11.3 Å². The molecule has 0 aliphatic heterocycles. The standard InChI is InChI=1S/C8H8N2OS/c9-10-8(11)7-4-2-1-3-6(7)5-12/h1-5H,9H2,(H,10,11). The molecule has 0 unspecified atom stereocenters. The second-order valence-corrected chi connectivity index (χ2v) is 2.41. The van der Waals surface area contributed by atoms with Crippen molar-refractivity contribution < 1.29 is 4.79 Å². The van der Waals surface area contributed by atoms with Gasteiger partial charge >= 0.3 is 0 Å². The summed E-state index contributed by atoms with van der Waals surface area (Å²) in [5, 5.41) is 1.45. The summed E-state index contributed by atoms with van der Waals surface area (Å²) >= 11 is 4.73. The fourth-order valence-electron chi connectivity index (χ4n) is 0.884. The second kappa shape index (κ2) is 3.94. The molecule has 1 rings (SSSR count). The van der Waals surface area contributed by atoms with Crippen molar-refractivity contribution in [1.82, 2.24) is 5.43 Å². The first-order chi connectivity index (χ1) is 5.79. The number of nitrogens with two attached hydrogens (primary N) is 1. The maximum absolute atomic E-state index is 11.1. The van der Waals surface area contributed by atoms with E-state index in [1.165, 1.54) is 5.37 Å². The zero-order valence-corrected chi connectivity index (χ0v) is 7.10. The van der Waals surface area contributed by atoms with E-state index in [2.05, 4.69) is 5.43 Å². The van der Waals surface area contributed by atoms with E-state index in [0.29, 0.717) is 11.1 Å². The summed E-state index contributed by atoms with van der Waals surface area (Å²) in [6, 6.07) is 7.00. The van der Waals surface area contributed by atoms with Crippen LogP contribution in [0, 0.1) is 0 Å². The van der Waals surface area contributed by atoms with Gasteiger partial charge in [0.2, 0.25) is 0 Å². The van der Waals surface area contributed by atoms with E-state index in [9.17, 15) is 4.79 Å². The lowest BCUT2D eigenvalue weighted by atomic mass is 10.1. The van der Waals surface area contributed by atoms with Gasteiger partial charge in [0, 0.05) is 10.9 Å². The lowest BCUT2D eigenvalue weighted by Crippen LogP contribution is -2.30. The summed E-state index contributed by atoms with van der Waals surface area (Å²) < 4.78 is 0. The SMILES string of the molecule is NNC(=O)c1ccccc1C=S. The number of hydrogen-bond acceptors (Lipinski definition) is 3. The number of nitrogen functional groups attached to an aromatic ring is 1. The molecule has 1 aromatic rings. The van der Waals surface area contributed by atoms with Crippen LogP contribution in [0.15, 0.2) is 24.3 Å². The van der Waals surface area contributed by atoms with Crippen LogP contribution in [0.3, 0.4) is 0 Å². The minimum absolute atomic E-state index is 0.327. The van der Waals surface area contributed by atoms with Crippen LogP contribution >= 0.6 is 12.2 Å². The van der Waals surface area contributed by atoms with Crippen LogP contribution in [0.2, 0.25) is 0 Å². The zero-order valence-electron chi connectivity index (χ0n) is 6.28. The minimum Gasteiger partial charge on any atom is -0.290 e. The quantitative estimate of drug-likeness (QED) is 0.304. The Morgan fingerprint density at radius 3 is 2.75 bits per heavy atom. The van der Waals surface area contributed by atoms with Gasteiger partial charge in [-0.1, -0.05) is 30.4 Å². The Morgan fingerprint density at radius 2 is 2.17 bits per heavy atom. The van der Waals surface area contributed by atoms with Gasteiger partial charge in [0.1, 0.15) is 0 Å². The molecule has 0 fully saturated rings. The van der Waals surface area contributed by atoms with Crippen molar-refractivity contribution in [3.63, 3.8) is 0 Å². The first kappa shape index (κ1) is 8.83. The van der Waals surface area contributed by atoms with Crippen LogP contribution < -0.4 is 11.3 Å². The summed E-state index contributed by atoms with van der Waals surface area (Å²) in [7, 11) is 0. The monoisotopic (exact) mass is 180 g/mol. The maximum atomic E-state index is 11.1. The summed E-state index contributed by atoms with van der Waals surface area (Å²) in [5.41, 5.74) is 3.25. The third-order valence-electron chi connectivity index (χ3n) is 1.46. The van der Waals surface area contributed by atoms with Gasteiger partial charge in [0.05, 0.1) is 0 Å². The summed E-state index contributed by atoms with van der Waals surface area (Å²) in [6.45, 7) is 0. The topological polar surface area (TPSA) is 55.1 Å². The van der Waals surface area contributed by atoms with Gasteiger partial charge in [0.15, 0.2) is 0 Å². The Hall–Kier alpha value is -1.26. The molecule has 4 heteroatoms. The molecule has 0 saturated carbocycles. The highest BCUT2D eigenvalue weighted by molar-refractivity contribution is 7.79. The average Bonchev–Trinajstić information content (AvgIpc) is 2.16. The molecule has 3 nitrogen and oxygen atoms in total. The highest BCUT2D eigenvalue weighted by atomic mass is 32.1. The molecular weight excluding hydrogens is 172 g/mol. The highest BCUT2D eigenvalue weighted by Crippen LogP contribution is 2.05. The van der Waals surface area contributed by atoms with Crippen LogP contribution in [0.25, 0.3) is 0 Å². The van der Waals surface area contributed by atoms with E-state index in [1.54, 1.807) is 18.2 Å². The Morgan fingerprint density at radius 1 is 1.50 bits per heavy atom. The molecule has 0 saturated heterocycles. The summed E-state index contributed by atoms with van der Waals surface area (Å²) in [4.78, 5) is 11.1. The Balaban J connectivity index is 3.13. The van der Waals surface area contributed by atoms with Crippen LogP contribution in [0.4, 0.5) is 0 Å². The average molecular weight is 180 g/mol. The first-order valence-corrected chi connectivity index (χ1v) is 3.82. The van der Waals surface area contributed by atoms with Crippen molar-refractivity contribution >= 4 is 23.5 Å². The first-order valence-electron chi connectivity index (χ1n) is 3.34. The number of carbonyl (C=O) groups is 1. The van der Waals surface area contributed by atoms with E-state index in [0.717, 1.165) is 0 Å². The molecule has 1 amide bonds. The molecule has 0 radical (unpaired) electrons. The molecule has 0 heterocycles. The molecule has 0 spiro atoms. The largest absolute Gasteiger partial charge is 0.290 e. The van der Waals surface area contributed by atoms with Crippen molar-refractivity contribution in [3.05, 3.63) is 35.4 Å². The number of carbonyl (C=O) groups excluding carboxylic acids is 1. The molecule has 0 aliphatic rings. The number of rotatable bonds is 2. The third-order valence-corrected chi connectivity index (χ3v) is 1.72. The number of hydrazine groups is 1. The second-order valence-electron chi connectivity index (χ2n) is 2.18. The molecule has 1 aromatic carbocycles. The van der Waals surface area contributed by atoms with Crippen molar-refractivity contribution in [2.45, 2.75) is 0 Å². The van der Waals surface area contributed by atoms with Gasteiger partial charge in [-0.25, -0.2) is 5.84 Å². The van der Waals surface area contributed by atoms with E-state index in [-0.39, 0.29) is 5.91 Å².